The van der Waals surface area contributed by atoms with E-state index in [0.717, 1.165) is 30.9 Å². The molecule has 2 atom stereocenters. The molecule has 0 amide bonds. The largest absolute Gasteiger partial charge is 0.444 e. The zero-order valence-corrected chi connectivity index (χ0v) is 15.3. The van der Waals surface area contributed by atoms with Crippen molar-refractivity contribution in [2.75, 3.05) is 19.6 Å². The van der Waals surface area contributed by atoms with Crippen LogP contribution in [0.3, 0.4) is 0 Å². The number of oxazole rings is 1. The van der Waals surface area contributed by atoms with Crippen LogP contribution in [-0.2, 0) is 6.54 Å². The van der Waals surface area contributed by atoms with Crippen molar-refractivity contribution < 1.29 is 4.42 Å². The number of aromatic nitrogens is 1. The fourth-order valence-corrected chi connectivity index (χ4v) is 3.96. The molecule has 1 saturated heterocycles. The summed E-state index contributed by atoms with van der Waals surface area (Å²) in [5.74, 6) is 1.55. The molecular weight excluding hydrogens is 346 g/mol. The van der Waals surface area contributed by atoms with E-state index in [1.54, 1.807) is 6.26 Å². The minimum Gasteiger partial charge on any atom is -0.444 e. The summed E-state index contributed by atoms with van der Waals surface area (Å²) in [6.07, 6.45) is 1.74. The molecule has 4 rings (SSSR count). The standard InChI is InChI=1S/C21H22ClN3O/c22-18-8-4-7-16(9-18)21-24-19(14-26-21)12-25-11-17(10-23)20(13-25)15-5-2-1-3-6-15/h1-9,14,17,20H,10-13,23H2/t17-,20+/m1/s1. The second-order valence-electron chi connectivity index (χ2n) is 6.86. The molecule has 1 fully saturated rings. The smallest absolute Gasteiger partial charge is 0.226 e. The number of hydrogen-bond donors (Lipinski definition) is 1. The zero-order valence-electron chi connectivity index (χ0n) is 14.5. The van der Waals surface area contributed by atoms with Crippen molar-refractivity contribution in [3.8, 4) is 11.5 Å². The molecule has 4 nitrogen and oxygen atoms in total. The van der Waals surface area contributed by atoms with Crippen molar-refractivity contribution in [2.24, 2.45) is 11.7 Å². The summed E-state index contributed by atoms with van der Waals surface area (Å²) in [7, 11) is 0. The van der Waals surface area contributed by atoms with Crippen molar-refractivity contribution in [3.05, 3.63) is 77.1 Å². The Kier molecular flexibility index (Phi) is 5.07. The molecule has 2 N–H and O–H groups in total. The van der Waals surface area contributed by atoms with Crippen LogP contribution < -0.4 is 5.73 Å². The van der Waals surface area contributed by atoms with Gasteiger partial charge in [0.25, 0.3) is 0 Å². The maximum absolute atomic E-state index is 6.06. The lowest BCUT2D eigenvalue weighted by atomic mass is 9.89. The number of hydrogen-bond acceptors (Lipinski definition) is 4. The van der Waals surface area contributed by atoms with Crippen molar-refractivity contribution in [1.29, 1.82) is 0 Å². The molecule has 26 heavy (non-hydrogen) atoms. The zero-order chi connectivity index (χ0) is 17.9. The minimum absolute atomic E-state index is 0.469. The normalized spacial score (nSPS) is 20.5. The second-order valence-corrected chi connectivity index (χ2v) is 7.30. The average Bonchev–Trinajstić information content (AvgIpc) is 3.30. The number of likely N-dealkylation sites (tertiary alicyclic amines) is 1. The summed E-state index contributed by atoms with van der Waals surface area (Å²) in [4.78, 5) is 7.05. The molecule has 0 saturated carbocycles. The highest BCUT2D eigenvalue weighted by Crippen LogP contribution is 2.33. The number of nitrogens with zero attached hydrogens (tertiary/aromatic N) is 2. The summed E-state index contributed by atoms with van der Waals surface area (Å²) in [5.41, 5.74) is 9.23. The van der Waals surface area contributed by atoms with Gasteiger partial charge in [0.05, 0.1) is 5.69 Å². The lowest BCUT2D eigenvalue weighted by Crippen LogP contribution is -2.23. The van der Waals surface area contributed by atoms with E-state index < -0.39 is 0 Å². The summed E-state index contributed by atoms with van der Waals surface area (Å²) < 4.78 is 5.66. The van der Waals surface area contributed by atoms with Crippen LogP contribution in [0, 0.1) is 5.92 Å². The monoisotopic (exact) mass is 367 g/mol. The van der Waals surface area contributed by atoms with Crippen LogP contribution in [0.25, 0.3) is 11.5 Å². The van der Waals surface area contributed by atoms with E-state index in [0.29, 0.717) is 29.3 Å². The van der Waals surface area contributed by atoms with Crippen LogP contribution in [0.15, 0.2) is 65.3 Å². The minimum atomic E-state index is 0.469. The molecule has 2 aromatic carbocycles. The second kappa shape index (κ2) is 7.62. The van der Waals surface area contributed by atoms with Gasteiger partial charge in [-0.15, -0.1) is 0 Å². The molecule has 1 aromatic heterocycles. The summed E-state index contributed by atoms with van der Waals surface area (Å²) in [6, 6.07) is 18.2. The maximum Gasteiger partial charge on any atom is 0.226 e. The van der Waals surface area contributed by atoms with Gasteiger partial charge in [0.2, 0.25) is 5.89 Å². The third-order valence-electron chi connectivity index (χ3n) is 5.06. The molecule has 134 valence electrons. The Morgan fingerprint density at radius 2 is 1.96 bits per heavy atom. The van der Waals surface area contributed by atoms with Gasteiger partial charge in [0.1, 0.15) is 6.26 Å². The first-order valence-electron chi connectivity index (χ1n) is 8.90. The van der Waals surface area contributed by atoms with Gasteiger partial charge in [-0.05, 0) is 36.2 Å². The Labute approximate surface area is 158 Å². The summed E-state index contributed by atoms with van der Waals surface area (Å²) in [5, 5.41) is 0.679. The Balaban J connectivity index is 1.47. The molecule has 5 heteroatoms. The molecular formula is C21H22ClN3O. The van der Waals surface area contributed by atoms with Gasteiger partial charge in [0.15, 0.2) is 0 Å². The van der Waals surface area contributed by atoms with Crippen LogP contribution in [0.2, 0.25) is 5.02 Å². The van der Waals surface area contributed by atoms with Gasteiger partial charge >= 0.3 is 0 Å². The molecule has 0 spiro atoms. The topological polar surface area (TPSA) is 55.3 Å². The van der Waals surface area contributed by atoms with E-state index in [2.05, 4.69) is 40.2 Å². The third-order valence-corrected chi connectivity index (χ3v) is 5.29. The lowest BCUT2D eigenvalue weighted by Gasteiger charge is -2.16. The SMILES string of the molecule is NC[C@@H]1CN(Cc2coc(-c3cccc(Cl)c3)n2)C[C@H]1c1ccccc1. The summed E-state index contributed by atoms with van der Waals surface area (Å²) in [6.45, 7) is 3.44. The third kappa shape index (κ3) is 3.68. The van der Waals surface area contributed by atoms with Crippen molar-refractivity contribution in [3.63, 3.8) is 0 Å². The van der Waals surface area contributed by atoms with E-state index in [1.807, 2.05) is 24.3 Å². The van der Waals surface area contributed by atoms with Crippen molar-refractivity contribution in [1.82, 2.24) is 9.88 Å². The van der Waals surface area contributed by atoms with E-state index in [-0.39, 0.29) is 0 Å². The van der Waals surface area contributed by atoms with Crippen molar-refractivity contribution in [2.45, 2.75) is 12.5 Å². The lowest BCUT2D eigenvalue weighted by molar-refractivity contribution is 0.312. The fraction of sp³-hybridized carbons (Fsp3) is 0.286. The molecule has 2 heterocycles. The molecule has 0 aliphatic carbocycles. The molecule has 3 aromatic rings. The number of benzene rings is 2. The van der Waals surface area contributed by atoms with Crippen LogP contribution >= 0.6 is 11.6 Å². The van der Waals surface area contributed by atoms with E-state index >= 15 is 0 Å². The number of nitrogens with two attached hydrogens (primary N) is 1. The molecule has 0 radical (unpaired) electrons. The van der Waals surface area contributed by atoms with Gasteiger partial charge in [-0.2, -0.15) is 0 Å². The Morgan fingerprint density at radius 3 is 2.73 bits per heavy atom. The van der Waals surface area contributed by atoms with Crippen LogP contribution in [0.4, 0.5) is 0 Å². The van der Waals surface area contributed by atoms with Gasteiger partial charge in [-0.3, -0.25) is 4.90 Å². The van der Waals surface area contributed by atoms with E-state index in [1.165, 1.54) is 5.56 Å². The molecule has 0 bridgehead atoms. The maximum atomic E-state index is 6.06. The Hall–Kier alpha value is -2.14. The average molecular weight is 368 g/mol. The van der Waals surface area contributed by atoms with Gasteiger partial charge in [-0.25, -0.2) is 4.98 Å². The number of halogens is 1. The highest BCUT2D eigenvalue weighted by molar-refractivity contribution is 6.30. The first kappa shape index (κ1) is 17.3. The summed E-state index contributed by atoms with van der Waals surface area (Å²) >= 11 is 6.06. The Morgan fingerprint density at radius 1 is 1.12 bits per heavy atom. The van der Waals surface area contributed by atoms with Gasteiger partial charge in [0, 0.05) is 36.1 Å². The highest BCUT2D eigenvalue weighted by atomic mass is 35.5. The number of rotatable bonds is 5. The first-order chi connectivity index (χ1) is 12.7. The van der Waals surface area contributed by atoms with Crippen LogP contribution in [0.1, 0.15) is 17.2 Å². The molecule has 0 unspecified atom stereocenters. The van der Waals surface area contributed by atoms with Gasteiger partial charge in [-0.1, -0.05) is 48.0 Å². The predicted octanol–water partition coefficient (Wildman–Crippen LogP) is 4.17. The Bertz CT molecular complexity index is 864. The van der Waals surface area contributed by atoms with E-state index in [9.17, 15) is 0 Å². The van der Waals surface area contributed by atoms with Gasteiger partial charge < -0.3 is 10.2 Å². The first-order valence-corrected chi connectivity index (χ1v) is 9.28. The molecule has 1 aliphatic rings. The van der Waals surface area contributed by atoms with Crippen LogP contribution in [0.5, 0.6) is 0 Å². The molecule has 1 aliphatic heterocycles. The quantitative estimate of drug-likeness (QED) is 0.735. The van der Waals surface area contributed by atoms with E-state index in [4.69, 9.17) is 21.8 Å². The highest BCUT2D eigenvalue weighted by Gasteiger charge is 2.33. The van der Waals surface area contributed by atoms with Crippen LogP contribution in [-0.4, -0.2) is 29.5 Å². The fourth-order valence-electron chi connectivity index (χ4n) is 3.77. The van der Waals surface area contributed by atoms with Crippen molar-refractivity contribution >= 4 is 11.6 Å². The predicted molar refractivity (Wildman–Crippen MR) is 104 cm³/mol.